The average Bonchev–Trinajstić information content (AvgIpc) is 2.21. The van der Waals surface area contributed by atoms with Crippen LogP contribution in [0.25, 0.3) is 0 Å². The molecule has 4 nitrogen and oxygen atoms in total. The Hall–Kier alpha value is -0.610. The van der Waals surface area contributed by atoms with Crippen LogP contribution in [0.3, 0.4) is 0 Å². The first-order valence-corrected chi connectivity index (χ1v) is 5.17. The Morgan fingerprint density at radius 1 is 1.57 bits per heavy atom. The molecule has 0 rings (SSSR count). The molecular formula is C10H22N2O2. The molecule has 0 aromatic rings. The number of amides is 1. The first kappa shape index (κ1) is 13.4. The molecule has 2 N–H and O–H groups in total. The Balaban J connectivity index is 3.61. The maximum atomic E-state index is 11.4. The van der Waals surface area contributed by atoms with Crippen LogP contribution in [0, 0.1) is 0 Å². The van der Waals surface area contributed by atoms with Crippen molar-refractivity contribution in [2.45, 2.75) is 32.8 Å². The third-order valence-corrected chi connectivity index (χ3v) is 2.10. The maximum absolute atomic E-state index is 11.4. The van der Waals surface area contributed by atoms with E-state index in [4.69, 9.17) is 10.5 Å². The van der Waals surface area contributed by atoms with Gasteiger partial charge in [-0.1, -0.05) is 13.3 Å². The molecule has 0 aromatic carbocycles. The predicted molar refractivity (Wildman–Crippen MR) is 57.0 cm³/mol. The minimum atomic E-state index is -0.0430. The number of rotatable bonds is 7. The van der Waals surface area contributed by atoms with Gasteiger partial charge in [0.05, 0.1) is 6.10 Å². The fourth-order valence-corrected chi connectivity index (χ4v) is 0.912. The number of likely N-dealkylation sites (N-methyl/N-ethyl adjacent to an activating group) is 1. The number of carbonyl (C=O) groups excluding carboxylic acids is 1. The van der Waals surface area contributed by atoms with Gasteiger partial charge in [0.15, 0.2) is 0 Å². The van der Waals surface area contributed by atoms with Crippen LogP contribution in [0.1, 0.15) is 26.7 Å². The fraction of sp³-hybridized carbons (Fsp3) is 0.900. The second-order valence-electron chi connectivity index (χ2n) is 3.53. The van der Waals surface area contributed by atoms with E-state index in [-0.39, 0.29) is 18.6 Å². The highest BCUT2D eigenvalue weighted by atomic mass is 16.5. The van der Waals surface area contributed by atoms with E-state index in [1.54, 1.807) is 11.9 Å². The zero-order chi connectivity index (χ0) is 11.0. The molecule has 0 aromatic heterocycles. The second kappa shape index (κ2) is 7.76. The zero-order valence-corrected chi connectivity index (χ0v) is 9.45. The highest BCUT2D eigenvalue weighted by molar-refractivity contribution is 5.77. The molecule has 0 fully saturated rings. The van der Waals surface area contributed by atoms with Crippen LogP contribution in [-0.2, 0) is 9.53 Å². The van der Waals surface area contributed by atoms with E-state index >= 15 is 0 Å². The van der Waals surface area contributed by atoms with Gasteiger partial charge in [-0.3, -0.25) is 4.79 Å². The number of carbonyl (C=O) groups is 1. The quantitative estimate of drug-likeness (QED) is 0.658. The molecular weight excluding hydrogens is 180 g/mol. The van der Waals surface area contributed by atoms with Gasteiger partial charge in [-0.2, -0.15) is 0 Å². The molecule has 0 bridgehead atoms. The summed E-state index contributed by atoms with van der Waals surface area (Å²) in [5.41, 5.74) is 5.36. The molecule has 0 aliphatic heterocycles. The van der Waals surface area contributed by atoms with Gasteiger partial charge >= 0.3 is 0 Å². The van der Waals surface area contributed by atoms with Crippen molar-refractivity contribution in [3.8, 4) is 0 Å². The van der Waals surface area contributed by atoms with Crippen molar-refractivity contribution in [2.75, 3.05) is 26.7 Å². The van der Waals surface area contributed by atoms with E-state index < -0.39 is 0 Å². The van der Waals surface area contributed by atoms with Gasteiger partial charge in [-0.05, 0) is 13.3 Å². The summed E-state index contributed by atoms with van der Waals surface area (Å²) in [7, 11) is 1.80. The highest BCUT2D eigenvalue weighted by Crippen LogP contribution is 1.94. The lowest BCUT2D eigenvalue weighted by Gasteiger charge is -2.18. The van der Waals surface area contributed by atoms with E-state index in [0.29, 0.717) is 6.54 Å². The Labute approximate surface area is 86.4 Å². The molecule has 0 saturated heterocycles. The van der Waals surface area contributed by atoms with Crippen molar-refractivity contribution >= 4 is 5.91 Å². The summed E-state index contributed by atoms with van der Waals surface area (Å²) in [6.07, 6.45) is 2.09. The number of unbranched alkanes of at least 4 members (excludes halogenated alkanes) is 1. The van der Waals surface area contributed by atoms with Crippen LogP contribution in [0.4, 0.5) is 0 Å². The van der Waals surface area contributed by atoms with Crippen molar-refractivity contribution in [1.82, 2.24) is 4.90 Å². The largest absolute Gasteiger partial charge is 0.367 e. The first-order valence-electron chi connectivity index (χ1n) is 5.17. The highest BCUT2D eigenvalue weighted by Gasteiger charge is 2.09. The molecule has 0 spiro atoms. The standard InChI is InChI=1S/C10H22N2O2/c1-4-5-6-12(3)10(13)8-14-9(2)7-11/h9H,4-8,11H2,1-3H3. The predicted octanol–water partition coefficient (Wildman–Crippen LogP) is 0.609. The number of nitrogens with two attached hydrogens (primary N) is 1. The van der Waals surface area contributed by atoms with E-state index in [0.717, 1.165) is 19.4 Å². The lowest BCUT2D eigenvalue weighted by atomic mass is 10.3. The van der Waals surface area contributed by atoms with Gasteiger partial charge in [-0.25, -0.2) is 0 Å². The Morgan fingerprint density at radius 2 is 2.21 bits per heavy atom. The number of nitrogens with zero attached hydrogens (tertiary/aromatic N) is 1. The first-order chi connectivity index (χ1) is 6.61. The summed E-state index contributed by atoms with van der Waals surface area (Å²) in [6, 6.07) is 0. The molecule has 0 radical (unpaired) electrons. The molecule has 1 atom stereocenters. The molecule has 14 heavy (non-hydrogen) atoms. The molecule has 1 unspecified atom stereocenters. The molecule has 0 saturated carbocycles. The van der Waals surface area contributed by atoms with Crippen LogP contribution < -0.4 is 5.73 Å². The van der Waals surface area contributed by atoms with Gasteiger partial charge in [0.1, 0.15) is 6.61 Å². The van der Waals surface area contributed by atoms with Crippen LogP contribution in [0.2, 0.25) is 0 Å². The van der Waals surface area contributed by atoms with E-state index in [9.17, 15) is 4.79 Å². The van der Waals surface area contributed by atoms with Crippen LogP contribution in [-0.4, -0.2) is 43.7 Å². The fourth-order valence-electron chi connectivity index (χ4n) is 0.912. The van der Waals surface area contributed by atoms with Crippen molar-refractivity contribution in [2.24, 2.45) is 5.73 Å². The summed E-state index contributed by atoms with van der Waals surface area (Å²) in [6.45, 7) is 5.35. The van der Waals surface area contributed by atoms with Crippen LogP contribution in [0.15, 0.2) is 0 Å². The molecule has 1 amide bonds. The number of hydrogen-bond acceptors (Lipinski definition) is 3. The normalized spacial score (nSPS) is 12.6. The minimum absolute atomic E-state index is 0.0266. The summed E-state index contributed by atoms with van der Waals surface area (Å²) in [5, 5.41) is 0. The van der Waals surface area contributed by atoms with Crippen molar-refractivity contribution in [3.05, 3.63) is 0 Å². The monoisotopic (exact) mass is 202 g/mol. The Bertz CT molecular complexity index is 162. The van der Waals surface area contributed by atoms with Gasteiger partial charge in [-0.15, -0.1) is 0 Å². The lowest BCUT2D eigenvalue weighted by molar-refractivity contribution is -0.136. The average molecular weight is 202 g/mol. The van der Waals surface area contributed by atoms with E-state index in [1.165, 1.54) is 0 Å². The maximum Gasteiger partial charge on any atom is 0.248 e. The number of ether oxygens (including phenoxy) is 1. The van der Waals surface area contributed by atoms with E-state index in [2.05, 4.69) is 6.92 Å². The SMILES string of the molecule is CCCCN(C)C(=O)COC(C)CN. The summed E-state index contributed by atoms with van der Waals surface area (Å²) < 4.78 is 5.24. The third-order valence-electron chi connectivity index (χ3n) is 2.10. The molecule has 4 heteroatoms. The van der Waals surface area contributed by atoms with Gasteiger partial charge in [0, 0.05) is 20.1 Å². The minimum Gasteiger partial charge on any atom is -0.367 e. The summed E-state index contributed by atoms with van der Waals surface area (Å²) in [5.74, 6) is 0.0266. The molecule has 0 heterocycles. The molecule has 0 aliphatic carbocycles. The third kappa shape index (κ3) is 5.94. The molecule has 84 valence electrons. The van der Waals surface area contributed by atoms with Gasteiger partial charge in [0.2, 0.25) is 5.91 Å². The number of hydrogen-bond donors (Lipinski definition) is 1. The second-order valence-corrected chi connectivity index (χ2v) is 3.53. The lowest BCUT2D eigenvalue weighted by Crippen LogP contribution is -2.33. The van der Waals surface area contributed by atoms with E-state index in [1.807, 2.05) is 6.92 Å². The Morgan fingerprint density at radius 3 is 2.71 bits per heavy atom. The van der Waals surface area contributed by atoms with Crippen molar-refractivity contribution in [3.63, 3.8) is 0 Å². The van der Waals surface area contributed by atoms with Crippen LogP contribution in [0.5, 0.6) is 0 Å². The summed E-state index contributed by atoms with van der Waals surface area (Å²) in [4.78, 5) is 13.1. The summed E-state index contributed by atoms with van der Waals surface area (Å²) >= 11 is 0. The topological polar surface area (TPSA) is 55.6 Å². The van der Waals surface area contributed by atoms with Gasteiger partial charge < -0.3 is 15.4 Å². The smallest absolute Gasteiger partial charge is 0.248 e. The Kier molecular flexibility index (Phi) is 7.42. The van der Waals surface area contributed by atoms with Crippen molar-refractivity contribution < 1.29 is 9.53 Å². The zero-order valence-electron chi connectivity index (χ0n) is 9.45. The van der Waals surface area contributed by atoms with Crippen LogP contribution >= 0.6 is 0 Å². The van der Waals surface area contributed by atoms with Crippen molar-refractivity contribution in [1.29, 1.82) is 0 Å². The molecule has 0 aliphatic rings. The van der Waals surface area contributed by atoms with Gasteiger partial charge in [0.25, 0.3) is 0 Å².